The third-order valence-electron chi connectivity index (χ3n) is 10.00. The minimum atomic E-state index is -5.19. The molecule has 0 bridgehead atoms. The molecular weight excluding hydrogens is 819 g/mol. The molecule has 8 atom stereocenters. The Balaban J connectivity index is 2.59. The summed E-state index contributed by atoms with van der Waals surface area (Å²) >= 11 is 0. The molecule has 0 aromatic heterocycles. The van der Waals surface area contributed by atoms with E-state index in [2.05, 4.69) is 56.4 Å². The average molecular weight is 897 g/mol. The van der Waals surface area contributed by atoms with Crippen LogP contribution in [0.5, 0.6) is 0 Å². The second kappa shape index (κ2) is 36.3. The number of esters is 2. The monoisotopic (exact) mass is 897 g/mol. The van der Waals surface area contributed by atoms with Crippen LogP contribution >= 0.6 is 7.82 Å². The van der Waals surface area contributed by atoms with Gasteiger partial charge in [-0.25, -0.2) is 4.57 Å². The number of hydrogen-bond acceptors (Lipinski definition) is 13. The van der Waals surface area contributed by atoms with Gasteiger partial charge in [0.15, 0.2) is 11.9 Å². The van der Waals surface area contributed by atoms with E-state index < -0.39 is 75.7 Å². The first kappa shape index (κ1) is 57.0. The lowest BCUT2D eigenvalue weighted by atomic mass is 9.85. The molecular formula is C47H77O14P. The number of phosphoric ester groups is 1. The summed E-state index contributed by atoms with van der Waals surface area (Å²) in [4.78, 5) is 48.0. The van der Waals surface area contributed by atoms with Gasteiger partial charge in [-0.3, -0.25) is 23.4 Å². The fraction of sp³-hybridized carbons (Fsp3) is 0.681. The van der Waals surface area contributed by atoms with Gasteiger partial charge in [-0.05, 0) is 76.7 Å². The second-order valence-corrected chi connectivity index (χ2v) is 17.0. The maximum atomic E-state index is 12.8. The summed E-state index contributed by atoms with van der Waals surface area (Å²) in [5.74, 6) is -1.58. The molecule has 0 heterocycles. The summed E-state index contributed by atoms with van der Waals surface area (Å²) in [6.07, 6.45) is 28.1. The summed E-state index contributed by atoms with van der Waals surface area (Å²) in [5.41, 5.74) is 0. The molecule has 0 aromatic rings. The lowest BCUT2D eigenvalue weighted by Gasteiger charge is -2.41. The zero-order valence-electron chi connectivity index (χ0n) is 37.1. The fourth-order valence-corrected chi connectivity index (χ4v) is 7.24. The Labute approximate surface area is 370 Å². The van der Waals surface area contributed by atoms with Crippen molar-refractivity contribution in [3.8, 4) is 0 Å². The molecule has 0 radical (unpaired) electrons. The van der Waals surface area contributed by atoms with Crippen molar-refractivity contribution >= 4 is 25.5 Å². The summed E-state index contributed by atoms with van der Waals surface area (Å²) < 4.78 is 33.3. The van der Waals surface area contributed by atoms with Gasteiger partial charge in [-0.1, -0.05) is 126 Å². The molecule has 62 heavy (non-hydrogen) atoms. The SMILES string of the molecule is CCCCC/C=C\C/C=C\C/C=C\C=C\C(=O)CCCC(=O)O[C@H](COC(=O)CCCCCCC/C=C\C/C=C\CCCCC)COP(=O)(O)OC1[C@H](O)[C@H](O)C(O)[C@H](O)[C@H]1O. The first-order valence-corrected chi connectivity index (χ1v) is 24.2. The quantitative estimate of drug-likeness (QED) is 0.00878. The molecule has 0 saturated heterocycles. The van der Waals surface area contributed by atoms with Gasteiger partial charge in [0, 0.05) is 19.3 Å². The van der Waals surface area contributed by atoms with E-state index in [1.807, 2.05) is 12.2 Å². The molecule has 0 aliphatic heterocycles. The predicted octanol–water partition coefficient (Wildman–Crippen LogP) is 7.90. The van der Waals surface area contributed by atoms with Gasteiger partial charge in [-0.2, -0.15) is 0 Å². The number of unbranched alkanes of at least 4 members (excludes halogenated alkanes) is 11. The Morgan fingerprint density at radius 2 is 1.03 bits per heavy atom. The first-order valence-electron chi connectivity index (χ1n) is 22.7. The predicted molar refractivity (Wildman–Crippen MR) is 240 cm³/mol. The van der Waals surface area contributed by atoms with Gasteiger partial charge in [0.25, 0.3) is 0 Å². The van der Waals surface area contributed by atoms with Crippen molar-refractivity contribution in [1.82, 2.24) is 0 Å². The Morgan fingerprint density at radius 1 is 0.548 bits per heavy atom. The highest BCUT2D eigenvalue weighted by Crippen LogP contribution is 2.47. The summed E-state index contributed by atoms with van der Waals surface area (Å²) in [7, 11) is -5.19. The van der Waals surface area contributed by atoms with E-state index in [0.29, 0.717) is 6.42 Å². The number of allylic oxidation sites excluding steroid dienone is 12. The third-order valence-corrected chi connectivity index (χ3v) is 11.0. The number of rotatable bonds is 36. The van der Waals surface area contributed by atoms with E-state index >= 15 is 0 Å². The molecule has 14 nitrogen and oxygen atoms in total. The smallest absolute Gasteiger partial charge is 0.462 e. The minimum Gasteiger partial charge on any atom is -0.462 e. The number of aliphatic hydroxyl groups excluding tert-OH is 5. The Morgan fingerprint density at radius 3 is 1.61 bits per heavy atom. The van der Waals surface area contributed by atoms with Crippen LogP contribution in [0.4, 0.5) is 0 Å². The van der Waals surface area contributed by atoms with Gasteiger partial charge >= 0.3 is 19.8 Å². The molecule has 1 aliphatic carbocycles. The van der Waals surface area contributed by atoms with Gasteiger partial charge in [0.2, 0.25) is 0 Å². The van der Waals surface area contributed by atoms with Gasteiger partial charge < -0.3 is 39.9 Å². The minimum absolute atomic E-state index is 0.0474. The third kappa shape index (κ3) is 28.6. The number of carbonyl (C=O) groups is 3. The van der Waals surface area contributed by atoms with Crippen molar-refractivity contribution in [2.75, 3.05) is 13.2 Å². The molecule has 0 spiro atoms. The molecule has 1 saturated carbocycles. The summed E-state index contributed by atoms with van der Waals surface area (Å²) in [5, 5.41) is 50.1. The molecule has 3 unspecified atom stereocenters. The molecule has 1 rings (SSSR count). The van der Waals surface area contributed by atoms with Crippen LogP contribution in [0.3, 0.4) is 0 Å². The van der Waals surface area contributed by atoms with Gasteiger partial charge in [0.1, 0.15) is 43.2 Å². The van der Waals surface area contributed by atoms with Crippen molar-refractivity contribution in [3.63, 3.8) is 0 Å². The Kier molecular flexibility index (Phi) is 33.4. The number of aliphatic hydroxyl groups is 5. The molecule has 354 valence electrons. The van der Waals surface area contributed by atoms with E-state index in [1.54, 1.807) is 12.2 Å². The van der Waals surface area contributed by atoms with Crippen LogP contribution in [0.15, 0.2) is 72.9 Å². The van der Waals surface area contributed by atoms with E-state index in [4.69, 9.17) is 18.5 Å². The highest BCUT2D eigenvalue weighted by atomic mass is 31.2. The number of hydrogen-bond donors (Lipinski definition) is 6. The van der Waals surface area contributed by atoms with Crippen LogP contribution in [-0.2, 0) is 37.5 Å². The van der Waals surface area contributed by atoms with E-state index in [9.17, 15) is 49.4 Å². The topological polar surface area (TPSA) is 227 Å². The zero-order valence-corrected chi connectivity index (χ0v) is 38.0. The van der Waals surface area contributed by atoms with Crippen molar-refractivity contribution in [3.05, 3.63) is 72.9 Å². The van der Waals surface area contributed by atoms with E-state index in [-0.39, 0.29) is 31.5 Å². The van der Waals surface area contributed by atoms with Crippen LogP contribution in [0, 0.1) is 0 Å². The summed E-state index contributed by atoms with van der Waals surface area (Å²) in [6.45, 7) is 3.01. The number of ether oxygens (including phenoxy) is 2. The average Bonchev–Trinajstić information content (AvgIpc) is 3.25. The summed E-state index contributed by atoms with van der Waals surface area (Å²) in [6, 6.07) is 0. The molecule has 0 aromatic carbocycles. The van der Waals surface area contributed by atoms with Gasteiger partial charge in [-0.15, -0.1) is 0 Å². The van der Waals surface area contributed by atoms with Crippen LogP contribution in [0.2, 0.25) is 0 Å². The Hall–Kier alpha value is -3.04. The van der Waals surface area contributed by atoms with E-state index in [1.165, 1.54) is 44.6 Å². The standard InChI is InChI=1S/C47H77O14P/c1-3-5-7-9-11-13-15-17-18-20-22-24-26-28-30-34-40(49)58-36-39(37-59-62(56,57)61-47-45(54)43(52)42(51)44(53)46(47)55)60-41(50)35-31-33-38(48)32-29-27-25-23-21-19-16-14-12-10-8-6-4-2/h11-14,17-19,21,25,27,29,32,39,42-47,51-55H,3-10,15-16,20,22-24,26,28,30-31,33-37H2,1-2H3,(H,56,57)/b13-11-,14-12-,18-17-,21-19-,27-25-,32-29+/t39-,42?,43-,44+,45-,46-,47?/m1/s1. The number of ketones is 1. The molecule has 1 fully saturated rings. The van der Waals surface area contributed by atoms with Crippen LogP contribution < -0.4 is 0 Å². The van der Waals surface area contributed by atoms with Crippen LogP contribution in [0.1, 0.15) is 149 Å². The van der Waals surface area contributed by atoms with Crippen molar-refractivity contribution in [2.24, 2.45) is 0 Å². The maximum Gasteiger partial charge on any atom is 0.472 e. The van der Waals surface area contributed by atoms with Crippen LogP contribution in [0.25, 0.3) is 0 Å². The first-order chi connectivity index (χ1) is 29.8. The van der Waals surface area contributed by atoms with Crippen molar-refractivity contribution < 1.29 is 67.9 Å². The molecule has 0 amide bonds. The number of phosphoric acid groups is 1. The maximum absolute atomic E-state index is 12.8. The lowest BCUT2D eigenvalue weighted by molar-refractivity contribution is -0.220. The largest absolute Gasteiger partial charge is 0.472 e. The Bertz CT molecular complexity index is 1420. The van der Waals surface area contributed by atoms with Gasteiger partial charge in [0.05, 0.1) is 6.61 Å². The normalized spacial score (nSPS) is 22.5. The number of carbonyl (C=O) groups excluding carboxylic acids is 3. The molecule has 6 N–H and O–H groups in total. The highest BCUT2D eigenvalue weighted by molar-refractivity contribution is 7.47. The van der Waals surface area contributed by atoms with Crippen LogP contribution in [-0.4, -0.2) is 104 Å². The highest BCUT2D eigenvalue weighted by Gasteiger charge is 2.51. The van der Waals surface area contributed by atoms with Crippen molar-refractivity contribution in [1.29, 1.82) is 0 Å². The van der Waals surface area contributed by atoms with Crippen molar-refractivity contribution in [2.45, 2.75) is 191 Å². The fourth-order valence-electron chi connectivity index (χ4n) is 6.27. The molecule has 15 heteroatoms. The second-order valence-electron chi connectivity index (χ2n) is 15.6. The molecule has 1 aliphatic rings. The van der Waals surface area contributed by atoms with E-state index in [0.717, 1.165) is 64.2 Å². The lowest BCUT2D eigenvalue weighted by Crippen LogP contribution is -2.64. The zero-order chi connectivity index (χ0) is 45.9.